The fourth-order valence-electron chi connectivity index (χ4n) is 2.54. The Morgan fingerprint density at radius 3 is 3.00 bits per heavy atom. The van der Waals surface area contributed by atoms with Crippen LogP contribution in [0.2, 0.25) is 5.02 Å². The first kappa shape index (κ1) is 14.7. The largest absolute Gasteiger partial charge is 0.339 e. The number of aromatic nitrogens is 5. The zero-order chi connectivity index (χ0) is 15.5. The van der Waals surface area contributed by atoms with Crippen molar-refractivity contribution >= 4 is 29.3 Å². The van der Waals surface area contributed by atoms with Crippen LogP contribution in [0.1, 0.15) is 12.8 Å². The minimum Gasteiger partial charge on any atom is -0.339 e. The summed E-state index contributed by atoms with van der Waals surface area (Å²) in [6, 6.07) is 3.38. The molecule has 0 radical (unpaired) electrons. The number of halogens is 1. The van der Waals surface area contributed by atoms with Crippen LogP contribution in [-0.4, -0.2) is 44.2 Å². The standard InChI is InChI=1S/C13H16ClN7O/c1-20-13(17-18-19-20)21-6-2-3-9(8-21)12(22)16-11-5-4-10(14)7-15-11/h4-5,7,9H,2-3,6,8H2,1H3,(H,15,16,22). The second-order valence-corrected chi connectivity index (χ2v) is 5.68. The summed E-state index contributed by atoms with van der Waals surface area (Å²) in [5.74, 6) is 1.02. The molecule has 1 saturated heterocycles. The highest BCUT2D eigenvalue weighted by Gasteiger charge is 2.28. The number of nitrogens with one attached hydrogen (secondary N) is 1. The first-order chi connectivity index (χ1) is 10.6. The van der Waals surface area contributed by atoms with Gasteiger partial charge in [0.2, 0.25) is 11.9 Å². The number of carbonyl (C=O) groups excluding carboxylic acids is 1. The number of hydrogen-bond donors (Lipinski definition) is 1. The van der Waals surface area contributed by atoms with Gasteiger partial charge in [-0.15, -0.1) is 0 Å². The van der Waals surface area contributed by atoms with Crippen molar-refractivity contribution in [2.24, 2.45) is 13.0 Å². The van der Waals surface area contributed by atoms with Gasteiger partial charge in [-0.2, -0.15) is 0 Å². The molecule has 1 atom stereocenters. The molecule has 0 aliphatic carbocycles. The second-order valence-electron chi connectivity index (χ2n) is 5.24. The average Bonchev–Trinajstić information content (AvgIpc) is 2.96. The van der Waals surface area contributed by atoms with Gasteiger partial charge in [0, 0.05) is 26.3 Å². The Bertz CT molecular complexity index is 657. The number of rotatable bonds is 3. The van der Waals surface area contributed by atoms with Crippen molar-refractivity contribution in [2.45, 2.75) is 12.8 Å². The molecule has 1 aliphatic heterocycles. The van der Waals surface area contributed by atoms with Crippen molar-refractivity contribution in [3.05, 3.63) is 23.4 Å². The van der Waals surface area contributed by atoms with Gasteiger partial charge in [-0.1, -0.05) is 16.7 Å². The van der Waals surface area contributed by atoms with Crippen molar-refractivity contribution in [1.29, 1.82) is 0 Å². The third kappa shape index (κ3) is 3.16. The number of nitrogens with zero attached hydrogens (tertiary/aromatic N) is 6. The van der Waals surface area contributed by atoms with E-state index in [2.05, 4.69) is 25.8 Å². The van der Waals surface area contributed by atoms with Gasteiger partial charge in [0.1, 0.15) is 5.82 Å². The van der Waals surface area contributed by atoms with Crippen molar-refractivity contribution < 1.29 is 4.79 Å². The van der Waals surface area contributed by atoms with E-state index in [1.54, 1.807) is 23.9 Å². The summed E-state index contributed by atoms with van der Waals surface area (Å²) in [7, 11) is 1.79. The minimum absolute atomic E-state index is 0.0466. The zero-order valence-electron chi connectivity index (χ0n) is 12.1. The molecule has 116 valence electrons. The summed E-state index contributed by atoms with van der Waals surface area (Å²) in [6.45, 7) is 1.44. The number of anilines is 2. The normalized spacial score (nSPS) is 18.3. The Hall–Kier alpha value is -2.22. The van der Waals surface area contributed by atoms with Gasteiger partial charge in [-0.3, -0.25) is 4.79 Å². The number of tetrazole rings is 1. The van der Waals surface area contributed by atoms with E-state index in [0.717, 1.165) is 19.4 Å². The molecule has 0 aromatic carbocycles. The van der Waals surface area contributed by atoms with Crippen LogP contribution in [0.4, 0.5) is 11.8 Å². The Labute approximate surface area is 132 Å². The highest BCUT2D eigenvalue weighted by molar-refractivity contribution is 6.30. The number of pyridine rings is 1. The lowest BCUT2D eigenvalue weighted by Crippen LogP contribution is -2.42. The van der Waals surface area contributed by atoms with E-state index >= 15 is 0 Å². The van der Waals surface area contributed by atoms with E-state index in [9.17, 15) is 4.79 Å². The fraction of sp³-hybridized carbons (Fsp3) is 0.462. The number of aryl methyl sites for hydroxylation is 1. The maximum absolute atomic E-state index is 12.4. The van der Waals surface area contributed by atoms with E-state index < -0.39 is 0 Å². The third-order valence-electron chi connectivity index (χ3n) is 3.65. The maximum Gasteiger partial charge on any atom is 0.245 e. The molecule has 0 spiro atoms. The molecule has 8 nitrogen and oxygen atoms in total. The predicted octanol–water partition coefficient (Wildman–Crippen LogP) is 1.11. The van der Waals surface area contributed by atoms with Gasteiger partial charge in [-0.25, -0.2) is 9.67 Å². The highest BCUT2D eigenvalue weighted by atomic mass is 35.5. The average molecular weight is 322 g/mol. The molecule has 1 fully saturated rings. The predicted molar refractivity (Wildman–Crippen MR) is 81.6 cm³/mol. The Balaban J connectivity index is 1.65. The molecule has 3 rings (SSSR count). The number of amides is 1. The van der Waals surface area contributed by atoms with Crippen molar-refractivity contribution in [3.63, 3.8) is 0 Å². The monoisotopic (exact) mass is 321 g/mol. The second kappa shape index (κ2) is 6.27. The number of carbonyl (C=O) groups is 1. The molecule has 2 aromatic rings. The Morgan fingerprint density at radius 2 is 2.32 bits per heavy atom. The smallest absolute Gasteiger partial charge is 0.245 e. The lowest BCUT2D eigenvalue weighted by molar-refractivity contribution is -0.120. The van der Waals surface area contributed by atoms with Crippen molar-refractivity contribution in [3.8, 4) is 0 Å². The van der Waals surface area contributed by atoms with Gasteiger partial charge >= 0.3 is 0 Å². The molecule has 0 bridgehead atoms. The van der Waals surface area contributed by atoms with Gasteiger partial charge < -0.3 is 10.2 Å². The fourth-order valence-corrected chi connectivity index (χ4v) is 2.66. The van der Waals surface area contributed by atoms with E-state index in [0.29, 0.717) is 23.3 Å². The summed E-state index contributed by atoms with van der Waals surface area (Å²) in [4.78, 5) is 18.5. The summed E-state index contributed by atoms with van der Waals surface area (Å²) in [5.41, 5.74) is 0. The van der Waals surface area contributed by atoms with Gasteiger partial charge in [0.05, 0.1) is 10.9 Å². The number of hydrogen-bond acceptors (Lipinski definition) is 6. The quantitative estimate of drug-likeness (QED) is 0.911. The molecular formula is C13H16ClN7O. The molecule has 1 aliphatic rings. The molecule has 22 heavy (non-hydrogen) atoms. The number of piperidine rings is 1. The van der Waals surface area contributed by atoms with Crippen LogP contribution in [0.5, 0.6) is 0 Å². The summed E-state index contributed by atoms with van der Waals surface area (Å²) < 4.78 is 1.61. The van der Waals surface area contributed by atoms with Crippen LogP contribution < -0.4 is 10.2 Å². The Morgan fingerprint density at radius 1 is 1.45 bits per heavy atom. The van der Waals surface area contributed by atoms with E-state index in [-0.39, 0.29) is 11.8 Å². The summed E-state index contributed by atoms with van der Waals surface area (Å²) in [6.07, 6.45) is 3.26. The lowest BCUT2D eigenvalue weighted by Gasteiger charge is -2.31. The maximum atomic E-state index is 12.4. The van der Waals surface area contributed by atoms with Gasteiger partial charge in [0.25, 0.3) is 0 Å². The molecule has 2 aromatic heterocycles. The zero-order valence-corrected chi connectivity index (χ0v) is 12.9. The lowest BCUT2D eigenvalue weighted by atomic mass is 9.97. The molecule has 0 saturated carbocycles. The Kier molecular flexibility index (Phi) is 4.19. The molecular weight excluding hydrogens is 306 g/mol. The summed E-state index contributed by atoms with van der Waals surface area (Å²) >= 11 is 5.78. The van der Waals surface area contributed by atoms with Crippen LogP contribution in [0.15, 0.2) is 18.3 Å². The first-order valence-electron chi connectivity index (χ1n) is 7.03. The van der Waals surface area contributed by atoms with E-state index in [1.165, 1.54) is 6.20 Å². The molecule has 9 heteroatoms. The molecule has 1 unspecified atom stereocenters. The first-order valence-corrected chi connectivity index (χ1v) is 7.41. The van der Waals surface area contributed by atoms with Gasteiger partial charge in [-0.05, 0) is 35.4 Å². The van der Waals surface area contributed by atoms with Crippen molar-refractivity contribution in [2.75, 3.05) is 23.3 Å². The molecule has 3 heterocycles. The van der Waals surface area contributed by atoms with Crippen LogP contribution in [0.3, 0.4) is 0 Å². The third-order valence-corrected chi connectivity index (χ3v) is 3.88. The van der Waals surface area contributed by atoms with Crippen LogP contribution in [0.25, 0.3) is 0 Å². The van der Waals surface area contributed by atoms with Gasteiger partial charge in [0.15, 0.2) is 0 Å². The highest BCUT2D eigenvalue weighted by Crippen LogP contribution is 2.22. The SMILES string of the molecule is Cn1nnnc1N1CCCC(C(=O)Nc2ccc(Cl)cn2)C1. The minimum atomic E-state index is -0.122. The topological polar surface area (TPSA) is 88.8 Å². The van der Waals surface area contributed by atoms with E-state index in [4.69, 9.17) is 11.6 Å². The van der Waals surface area contributed by atoms with E-state index in [1.807, 2.05) is 4.90 Å². The van der Waals surface area contributed by atoms with Crippen LogP contribution in [0, 0.1) is 5.92 Å². The molecule has 1 amide bonds. The molecule has 1 N–H and O–H groups in total. The van der Waals surface area contributed by atoms with Crippen LogP contribution in [-0.2, 0) is 11.8 Å². The van der Waals surface area contributed by atoms with Crippen molar-refractivity contribution in [1.82, 2.24) is 25.2 Å². The summed E-state index contributed by atoms with van der Waals surface area (Å²) in [5, 5.41) is 14.8. The van der Waals surface area contributed by atoms with Crippen LogP contribution >= 0.6 is 11.6 Å².